The summed E-state index contributed by atoms with van der Waals surface area (Å²) in [5, 5.41) is 2.70. The fourth-order valence-corrected chi connectivity index (χ4v) is 1.85. The zero-order chi connectivity index (χ0) is 14.3. The first-order chi connectivity index (χ1) is 9.52. The first-order valence-corrected chi connectivity index (χ1v) is 6.09. The van der Waals surface area contributed by atoms with Crippen LogP contribution in [0.1, 0.15) is 24.6 Å². The average Bonchev–Trinajstić information content (AvgIpc) is 3.19. The summed E-state index contributed by atoms with van der Waals surface area (Å²) < 4.78 is 39.1. The van der Waals surface area contributed by atoms with Gasteiger partial charge in [-0.3, -0.25) is 0 Å². The van der Waals surface area contributed by atoms with Gasteiger partial charge in [0.25, 0.3) is 0 Å². The van der Waals surface area contributed by atoms with Gasteiger partial charge < -0.3 is 11.1 Å². The molecule has 1 aromatic carbocycles. The van der Waals surface area contributed by atoms with Crippen LogP contribution in [0.15, 0.2) is 18.2 Å². The number of nitrogens with two attached hydrogens (primary N) is 1. The molecule has 3 N–H and O–H groups in total. The molecule has 2 aromatic rings. The van der Waals surface area contributed by atoms with Gasteiger partial charge in [0.15, 0.2) is 17.5 Å². The fraction of sp³-hybridized carbons (Fsp3) is 0.231. The van der Waals surface area contributed by atoms with Crippen LogP contribution in [-0.4, -0.2) is 9.97 Å². The Hall–Kier alpha value is -2.31. The van der Waals surface area contributed by atoms with E-state index >= 15 is 0 Å². The Morgan fingerprint density at radius 3 is 2.30 bits per heavy atom. The number of benzene rings is 1. The fourth-order valence-electron chi connectivity index (χ4n) is 1.85. The second kappa shape index (κ2) is 4.66. The quantitative estimate of drug-likeness (QED) is 0.848. The summed E-state index contributed by atoms with van der Waals surface area (Å²) in [6.07, 6.45) is 2.01. The lowest BCUT2D eigenvalue weighted by atomic mass is 10.3. The Labute approximate surface area is 112 Å². The lowest BCUT2D eigenvalue weighted by Crippen LogP contribution is -2.03. The molecule has 0 aliphatic heterocycles. The number of nitrogens with zero attached hydrogens (tertiary/aromatic N) is 2. The van der Waals surface area contributed by atoms with Crippen LogP contribution in [0.2, 0.25) is 0 Å². The van der Waals surface area contributed by atoms with Gasteiger partial charge in [-0.1, -0.05) is 0 Å². The van der Waals surface area contributed by atoms with Gasteiger partial charge in [0.1, 0.15) is 17.5 Å². The van der Waals surface area contributed by atoms with Crippen molar-refractivity contribution in [1.82, 2.24) is 9.97 Å². The van der Waals surface area contributed by atoms with E-state index < -0.39 is 17.5 Å². The summed E-state index contributed by atoms with van der Waals surface area (Å²) in [5.41, 5.74) is 5.72. The summed E-state index contributed by atoms with van der Waals surface area (Å²) in [4.78, 5) is 8.34. The van der Waals surface area contributed by atoms with E-state index in [0.29, 0.717) is 17.6 Å². The van der Waals surface area contributed by atoms with E-state index in [1.165, 1.54) is 6.07 Å². The molecule has 1 saturated carbocycles. The van der Waals surface area contributed by atoms with E-state index in [0.717, 1.165) is 25.0 Å². The van der Waals surface area contributed by atoms with Crippen molar-refractivity contribution in [3.05, 3.63) is 41.5 Å². The highest BCUT2D eigenvalue weighted by Gasteiger charge is 2.27. The Bertz CT molecular complexity index is 648. The molecule has 7 heteroatoms. The van der Waals surface area contributed by atoms with Gasteiger partial charge in [0, 0.05) is 29.8 Å². The van der Waals surface area contributed by atoms with Crippen molar-refractivity contribution in [2.45, 2.75) is 18.8 Å². The lowest BCUT2D eigenvalue weighted by Gasteiger charge is -2.09. The molecule has 1 heterocycles. The van der Waals surface area contributed by atoms with Crippen LogP contribution in [0.5, 0.6) is 0 Å². The van der Waals surface area contributed by atoms with Gasteiger partial charge in [-0.15, -0.1) is 0 Å². The molecule has 0 unspecified atom stereocenters. The smallest absolute Gasteiger partial charge is 0.194 e. The molecule has 4 nitrogen and oxygen atoms in total. The van der Waals surface area contributed by atoms with Gasteiger partial charge in [0.2, 0.25) is 0 Å². The van der Waals surface area contributed by atoms with E-state index in [-0.39, 0.29) is 11.5 Å². The third-order valence-corrected chi connectivity index (χ3v) is 2.96. The van der Waals surface area contributed by atoms with Crippen molar-refractivity contribution in [3.63, 3.8) is 0 Å². The van der Waals surface area contributed by atoms with Crippen LogP contribution in [0, 0.1) is 17.5 Å². The normalized spacial score (nSPS) is 14.3. The Morgan fingerprint density at radius 1 is 1.05 bits per heavy atom. The summed E-state index contributed by atoms with van der Waals surface area (Å²) in [5.74, 6) is -2.54. The summed E-state index contributed by atoms with van der Waals surface area (Å²) in [7, 11) is 0. The Balaban J connectivity index is 1.91. The third kappa shape index (κ3) is 2.52. The van der Waals surface area contributed by atoms with E-state index in [1.807, 2.05) is 0 Å². The third-order valence-electron chi connectivity index (χ3n) is 2.96. The SMILES string of the molecule is Nc1cc(Nc2cc(F)c(F)c(F)c2)nc(C2CC2)n1. The van der Waals surface area contributed by atoms with E-state index in [9.17, 15) is 13.2 Å². The van der Waals surface area contributed by atoms with Gasteiger partial charge in [0.05, 0.1) is 0 Å². The molecular weight excluding hydrogens is 269 g/mol. The predicted octanol–water partition coefficient (Wildman–Crippen LogP) is 3.10. The lowest BCUT2D eigenvalue weighted by molar-refractivity contribution is 0.448. The molecule has 1 aliphatic rings. The maximum atomic E-state index is 13.1. The number of halogens is 3. The average molecular weight is 280 g/mol. The second-order valence-corrected chi connectivity index (χ2v) is 4.69. The Morgan fingerprint density at radius 2 is 1.70 bits per heavy atom. The minimum Gasteiger partial charge on any atom is -0.384 e. The number of hydrogen-bond acceptors (Lipinski definition) is 4. The maximum absolute atomic E-state index is 13.1. The van der Waals surface area contributed by atoms with Gasteiger partial charge in [-0.2, -0.15) is 0 Å². The monoisotopic (exact) mass is 280 g/mol. The Kier molecular flexibility index (Phi) is 2.96. The van der Waals surface area contributed by atoms with Crippen molar-refractivity contribution in [2.24, 2.45) is 0 Å². The molecule has 0 amide bonds. The van der Waals surface area contributed by atoms with Crippen LogP contribution in [-0.2, 0) is 0 Å². The van der Waals surface area contributed by atoms with Crippen molar-refractivity contribution in [3.8, 4) is 0 Å². The molecule has 20 heavy (non-hydrogen) atoms. The molecule has 1 aliphatic carbocycles. The van der Waals surface area contributed by atoms with Gasteiger partial charge >= 0.3 is 0 Å². The maximum Gasteiger partial charge on any atom is 0.194 e. The molecule has 3 rings (SSSR count). The first kappa shape index (κ1) is 12.7. The molecular formula is C13H11F3N4. The van der Waals surface area contributed by atoms with Crippen LogP contribution in [0.4, 0.5) is 30.5 Å². The summed E-state index contributed by atoms with van der Waals surface area (Å²) in [6, 6.07) is 3.16. The molecule has 0 saturated heterocycles. The molecule has 1 fully saturated rings. The van der Waals surface area contributed by atoms with Gasteiger partial charge in [-0.05, 0) is 12.8 Å². The number of nitrogens with one attached hydrogen (secondary N) is 1. The van der Waals surface area contributed by atoms with Crippen molar-refractivity contribution in [1.29, 1.82) is 0 Å². The number of anilines is 3. The van der Waals surface area contributed by atoms with Crippen LogP contribution in [0.25, 0.3) is 0 Å². The molecule has 0 atom stereocenters. The van der Waals surface area contributed by atoms with Crippen molar-refractivity contribution >= 4 is 17.3 Å². The highest BCUT2D eigenvalue weighted by molar-refractivity contribution is 5.58. The zero-order valence-corrected chi connectivity index (χ0v) is 10.3. The standard InChI is InChI=1S/C13H11F3N4/c14-8-3-7(4-9(15)12(8)16)18-11-5-10(17)19-13(20-11)6-1-2-6/h3-6H,1-2H2,(H3,17,18,19,20). The number of aromatic nitrogens is 2. The first-order valence-electron chi connectivity index (χ1n) is 6.09. The summed E-state index contributed by atoms with van der Waals surface area (Å²) in [6.45, 7) is 0. The molecule has 0 spiro atoms. The molecule has 0 bridgehead atoms. The number of rotatable bonds is 3. The van der Waals surface area contributed by atoms with Crippen LogP contribution >= 0.6 is 0 Å². The highest BCUT2D eigenvalue weighted by Crippen LogP contribution is 2.38. The summed E-state index contributed by atoms with van der Waals surface area (Å²) >= 11 is 0. The van der Waals surface area contributed by atoms with Crippen molar-refractivity contribution in [2.75, 3.05) is 11.1 Å². The minimum atomic E-state index is -1.50. The number of nitrogen functional groups attached to an aromatic ring is 1. The second-order valence-electron chi connectivity index (χ2n) is 4.69. The zero-order valence-electron chi connectivity index (χ0n) is 10.3. The van der Waals surface area contributed by atoms with E-state index in [4.69, 9.17) is 5.73 Å². The molecule has 104 valence electrons. The molecule has 1 aromatic heterocycles. The van der Waals surface area contributed by atoms with Gasteiger partial charge in [-0.25, -0.2) is 23.1 Å². The predicted molar refractivity (Wildman–Crippen MR) is 68.0 cm³/mol. The highest BCUT2D eigenvalue weighted by atomic mass is 19.2. The van der Waals surface area contributed by atoms with E-state index in [2.05, 4.69) is 15.3 Å². The molecule has 0 radical (unpaired) electrons. The van der Waals surface area contributed by atoms with Crippen molar-refractivity contribution < 1.29 is 13.2 Å². The van der Waals surface area contributed by atoms with E-state index in [1.54, 1.807) is 0 Å². The topological polar surface area (TPSA) is 63.8 Å². The number of hydrogen-bond donors (Lipinski definition) is 2. The van der Waals surface area contributed by atoms with Crippen LogP contribution in [0.3, 0.4) is 0 Å². The largest absolute Gasteiger partial charge is 0.384 e. The minimum absolute atomic E-state index is 0.0567. The van der Waals surface area contributed by atoms with Crippen LogP contribution < -0.4 is 11.1 Å².